The Labute approximate surface area is 127 Å². The van der Waals surface area contributed by atoms with Crippen molar-refractivity contribution in [3.63, 3.8) is 0 Å². The number of nitrogens with zero attached hydrogens (tertiary/aromatic N) is 2. The predicted octanol–water partition coefficient (Wildman–Crippen LogP) is 3.61. The molecule has 0 radical (unpaired) electrons. The van der Waals surface area contributed by atoms with Crippen LogP contribution in [0, 0.1) is 20.8 Å². The predicted molar refractivity (Wildman–Crippen MR) is 88.5 cm³/mol. The van der Waals surface area contributed by atoms with Crippen LogP contribution in [0.25, 0.3) is 11.4 Å². The summed E-state index contributed by atoms with van der Waals surface area (Å²) in [5.74, 6) is 0.837. The number of rotatable bonds is 5. The van der Waals surface area contributed by atoms with Crippen LogP contribution in [-0.2, 0) is 6.42 Å². The van der Waals surface area contributed by atoms with E-state index in [1.54, 1.807) is 0 Å². The van der Waals surface area contributed by atoms with Gasteiger partial charge in [-0.3, -0.25) is 0 Å². The highest BCUT2D eigenvalue weighted by molar-refractivity contribution is 5.60. The third kappa shape index (κ3) is 3.88. The molecule has 0 unspecified atom stereocenters. The molecule has 1 aromatic carbocycles. The van der Waals surface area contributed by atoms with Crippen LogP contribution >= 0.6 is 0 Å². The quantitative estimate of drug-likeness (QED) is 0.911. The zero-order chi connectivity index (χ0) is 15.4. The van der Waals surface area contributed by atoms with Gasteiger partial charge in [0.25, 0.3) is 0 Å². The van der Waals surface area contributed by atoms with Gasteiger partial charge in [0.2, 0.25) is 0 Å². The molecule has 0 aliphatic carbocycles. The van der Waals surface area contributed by atoms with Crippen LogP contribution in [0.5, 0.6) is 0 Å². The summed E-state index contributed by atoms with van der Waals surface area (Å²) >= 11 is 0. The molecule has 3 heteroatoms. The highest BCUT2D eigenvalue weighted by atomic mass is 14.9. The Morgan fingerprint density at radius 1 is 1.00 bits per heavy atom. The first kappa shape index (κ1) is 15.6. The van der Waals surface area contributed by atoms with Crippen LogP contribution in [0.3, 0.4) is 0 Å². The Balaban J connectivity index is 2.27. The maximum atomic E-state index is 4.72. The van der Waals surface area contributed by atoms with Crippen LogP contribution in [0.4, 0.5) is 0 Å². The molecule has 112 valence electrons. The molecule has 21 heavy (non-hydrogen) atoms. The molecule has 1 N–H and O–H groups in total. The minimum atomic E-state index is 0.512. The lowest BCUT2D eigenvalue weighted by Gasteiger charge is -2.13. The molecule has 3 nitrogen and oxygen atoms in total. The van der Waals surface area contributed by atoms with E-state index in [-0.39, 0.29) is 0 Å². The van der Waals surface area contributed by atoms with Gasteiger partial charge in [0.1, 0.15) is 0 Å². The first-order valence-corrected chi connectivity index (χ1v) is 7.62. The van der Waals surface area contributed by atoms with Gasteiger partial charge in [-0.05, 0) is 44.9 Å². The van der Waals surface area contributed by atoms with Gasteiger partial charge in [0.15, 0.2) is 5.82 Å². The lowest BCUT2D eigenvalue weighted by Crippen LogP contribution is -2.25. The highest BCUT2D eigenvalue weighted by Crippen LogP contribution is 2.22. The van der Waals surface area contributed by atoms with Crippen molar-refractivity contribution >= 4 is 0 Å². The molecule has 0 saturated heterocycles. The third-order valence-electron chi connectivity index (χ3n) is 3.73. The summed E-state index contributed by atoms with van der Waals surface area (Å²) in [4.78, 5) is 9.45. The van der Waals surface area contributed by atoms with E-state index >= 15 is 0 Å². The number of hydrogen-bond acceptors (Lipinski definition) is 3. The molecule has 1 aromatic heterocycles. The molecular formula is C18H25N3. The molecule has 0 saturated carbocycles. The minimum absolute atomic E-state index is 0.512. The SMILES string of the molecule is Cc1ccccc1-c1nc(C)c(CCNC(C)C)c(C)n1. The average Bonchev–Trinajstić information content (AvgIpc) is 2.42. The zero-order valence-electron chi connectivity index (χ0n) is 13.7. The van der Waals surface area contributed by atoms with E-state index in [9.17, 15) is 0 Å². The molecule has 0 aliphatic rings. The average molecular weight is 283 g/mol. The Kier molecular flexibility index (Phi) is 5.07. The smallest absolute Gasteiger partial charge is 0.159 e. The van der Waals surface area contributed by atoms with Crippen molar-refractivity contribution in [2.75, 3.05) is 6.54 Å². The van der Waals surface area contributed by atoms with Crippen LogP contribution in [-0.4, -0.2) is 22.6 Å². The fourth-order valence-corrected chi connectivity index (χ4v) is 2.53. The van der Waals surface area contributed by atoms with E-state index in [0.29, 0.717) is 6.04 Å². The molecule has 0 aliphatic heterocycles. The van der Waals surface area contributed by atoms with Gasteiger partial charge >= 0.3 is 0 Å². The fraction of sp³-hybridized carbons (Fsp3) is 0.444. The van der Waals surface area contributed by atoms with E-state index in [1.165, 1.54) is 11.1 Å². The molecule has 0 atom stereocenters. The monoisotopic (exact) mass is 283 g/mol. The molecule has 2 rings (SSSR count). The Bertz CT molecular complexity index is 595. The standard InChI is InChI=1S/C18H25N3/c1-12(2)19-11-10-17-14(4)20-18(21-15(17)5)16-9-7-6-8-13(16)3/h6-9,12,19H,10-11H2,1-5H3. The Morgan fingerprint density at radius 3 is 2.19 bits per heavy atom. The van der Waals surface area contributed by atoms with Crippen LogP contribution in [0.2, 0.25) is 0 Å². The topological polar surface area (TPSA) is 37.8 Å². The van der Waals surface area contributed by atoms with E-state index in [0.717, 1.165) is 35.7 Å². The summed E-state index contributed by atoms with van der Waals surface area (Å²) in [6.07, 6.45) is 0.976. The summed E-state index contributed by atoms with van der Waals surface area (Å²) < 4.78 is 0. The Morgan fingerprint density at radius 2 is 1.62 bits per heavy atom. The number of benzene rings is 1. The maximum Gasteiger partial charge on any atom is 0.159 e. The van der Waals surface area contributed by atoms with Crippen LogP contribution < -0.4 is 5.32 Å². The van der Waals surface area contributed by atoms with Crippen molar-refractivity contribution in [2.24, 2.45) is 0 Å². The van der Waals surface area contributed by atoms with Crippen LogP contribution in [0.1, 0.15) is 36.4 Å². The van der Waals surface area contributed by atoms with E-state index < -0.39 is 0 Å². The van der Waals surface area contributed by atoms with Crippen molar-refractivity contribution in [3.05, 3.63) is 46.8 Å². The van der Waals surface area contributed by atoms with Gasteiger partial charge in [-0.15, -0.1) is 0 Å². The summed E-state index contributed by atoms with van der Waals surface area (Å²) in [5.41, 5.74) is 5.78. The van der Waals surface area contributed by atoms with Gasteiger partial charge in [-0.25, -0.2) is 9.97 Å². The summed E-state index contributed by atoms with van der Waals surface area (Å²) in [6.45, 7) is 11.6. The first-order valence-electron chi connectivity index (χ1n) is 7.62. The second-order valence-electron chi connectivity index (χ2n) is 5.87. The molecule has 0 bridgehead atoms. The summed E-state index contributed by atoms with van der Waals surface area (Å²) in [6, 6.07) is 8.78. The van der Waals surface area contributed by atoms with Gasteiger partial charge in [-0.1, -0.05) is 38.1 Å². The van der Waals surface area contributed by atoms with Crippen molar-refractivity contribution in [1.29, 1.82) is 0 Å². The lowest BCUT2D eigenvalue weighted by atomic mass is 10.1. The fourth-order valence-electron chi connectivity index (χ4n) is 2.53. The van der Waals surface area contributed by atoms with Crippen molar-refractivity contribution < 1.29 is 0 Å². The van der Waals surface area contributed by atoms with Crippen molar-refractivity contribution in [2.45, 2.75) is 47.1 Å². The van der Waals surface area contributed by atoms with Crippen molar-refractivity contribution in [3.8, 4) is 11.4 Å². The van der Waals surface area contributed by atoms with E-state index in [4.69, 9.17) is 9.97 Å². The maximum absolute atomic E-state index is 4.72. The van der Waals surface area contributed by atoms with E-state index in [2.05, 4.69) is 52.1 Å². The lowest BCUT2D eigenvalue weighted by molar-refractivity contribution is 0.588. The molecule has 0 fully saturated rings. The Hall–Kier alpha value is -1.74. The molecule has 1 heterocycles. The largest absolute Gasteiger partial charge is 0.314 e. The number of nitrogens with one attached hydrogen (secondary N) is 1. The zero-order valence-corrected chi connectivity index (χ0v) is 13.7. The van der Waals surface area contributed by atoms with Gasteiger partial charge < -0.3 is 5.32 Å². The second-order valence-corrected chi connectivity index (χ2v) is 5.87. The van der Waals surface area contributed by atoms with Crippen molar-refractivity contribution in [1.82, 2.24) is 15.3 Å². The second kappa shape index (κ2) is 6.81. The van der Waals surface area contributed by atoms with Gasteiger partial charge in [0.05, 0.1) is 0 Å². The number of aryl methyl sites for hydroxylation is 3. The molecule has 0 spiro atoms. The summed E-state index contributed by atoms with van der Waals surface area (Å²) in [7, 11) is 0. The normalized spacial score (nSPS) is 11.1. The molecule has 2 aromatic rings. The third-order valence-corrected chi connectivity index (χ3v) is 3.73. The number of aromatic nitrogens is 2. The van der Waals surface area contributed by atoms with Gasteiger partial charge in [0, 0.05) is 23.0 Å². The minimum Gasteiger partial charge on any atom is -0.314 e. The first-order chi connectivity index (χ1) is 9.99. The van der Waals surface area contributed by atoms with Gasteiger partial charge in [-0.2, -0.15) is 0 Å². The number of hydrogen-bond donors (Lipinski definition) is 1. The van der Waals surface area contributed by atoms with E-state index in [1.807, 2.05) is 12.1 Å². The highest BCUT2D eigenvalue weighted by Gasteiger charge is 2.11. The van der Waals surface area contributed by atoms with Crippen LogP contribution in [0.15, 0.2) is 24.3 Å². The molecule has 0 amide bonds. The molecular weight excluding hydrogens is 258 g/mol. The summed E-state index contributed by atoms with van der Waals surface area (Å²) in [5, 5.41) is 3.45.